The predicted octanol–water partition coefficient (Wildman–Crippen LogP) is 3.24. The summed E-state index contributed by atoms with van der Waals surface area (Å²) in [4.78, 5) is 57.4. The van der Waals surface area contributed by atoms with Crippen molar-refractivity contribution < 1.29 is 28.7 Å². The Hall–Kier alpha value is -3.14. The van der Waals surface area contributed by atoms with Crippen molar-refractivity contribution in [2.24, 2.45) is 11.8 Å². The smallest absolute Gasteiger partial charge is 0.410 e. The maximum atomic E-state index is 13.3. The maximum Gasteiger partial charge on any atom is 0.410 e. The van der Waals surface area contributed by atoms with Gasteiger partial charge in [-0.3, -0.25) is 14.5 Å². The first-order valence-corrected chi connectivity index (χ1v) is 15.5. The van der Waals surface area contributed by atoms with Crippen LogP contribution in [-0.4, -0.2) is 103 Å². The molecule has 3 amide bonds. The van der Waals surface area contributed by atoms with Gasteiger partial charge >= 0.3 is 12.1 Å². The van der Waals surface area contributed by atoms with Crippen LogP contribution in [0.25, 0.3) is 0 Å². The fourth-order valence-electron chi connectivity index (χ4n) is 6.38. The first-order chi connectivity index (χ1) is 20.0. The molecule has 1 aliphatic carbocycles. The summed E-state index contributed by atoms with van der Waals surface area (Å²) in [5.74, 6) is -0.661. The lowest BCUT2D eigenvalue weighted by Gasteiger charge is -2.43. The van der Waals surface area contributed by atoms with Crippen molar-refractivity contribution in [1.82, 2.24) is 20.0 Å². The molecule has 2 aliphatic heterocycles. The third-order valence-corrected chi connectivity index (χ3v) is 8.79. The van der Waals surface area contributed by atoms with E-state index in [0.29, 0.717) is 64.3 Å². The van der Waals surface area contributed by atoms with Crippen LogP contribution in [0.15, 0.2) is 30.3 Å². The number of likely N-dealkylation sites (tertiary alicyclic amines) is 1. The largest absolute Gasteiger partial charge is 0.467 e. The molecule has 0 bridgehead atoms. The van der Waals surface area contributed by atoms with E-state index in [1.165, 1.54) is 7.11 Å². The molecule has 1 saturated carbocycles. The summed E-state index contributed by atoms with van der Waals surface area (Å²) >= 11 is 0. The van der Waals surface area contributed by atoms with E-state index in [1.54, 1.807) is 4.90 Å². The fraction of sp³-hybridized carbons (Fsp3) is 0.688. The van der Waals surface area contributed by atoms with Crippen molar-refractivity contribution in [3.63, 3.8) is 0 Å². The third kappa shape index (κ3) is 8.69. The summed E-state index contributed by atoms with van der Waals surface area (Å²) in [6.45, 7) is 10.2. The maximum absolute atomic E-state index is 13.3. The second-order valence-electron chi connectivity index (χ2n) is 12.9. The van der Waals surface area contributed by atoms with Gasteiger partial charge in [-0.15, -0.1) is 0 Å². The Morgan fingerprint density at radius 2 is 1.43 bits per heavy atom. The molecule has 42 heavy (non-hydrogen) atoms. The highest BCUT2D eigenvalue weighted by Gasteiger charge is 2.36. The van der Waals surface area contributed by atoms with Gasteiger partial charge in [-0.25, -0.2) is 9.59 Å². The van der Waals surface area contributed by atoms with Crippen molar-refractivity contribution in [2.75, 3.05) is 46.4 Å². The SMILES string of the molecule is COC(=O)C(Cc1ccccc1)NC(=O)C1CCC(C(=O)N2CCN(C3CCN(C(=O)OC(C)(C)C)CC3)CC2)CC1. The standard InChI is InChI=1S/C32H48N4O6/c1-32(2,3)42-31(40)36-16-14-26(15-17-36)34-18-20-35(21-19-34)29(38)25-12-10-24(11-13-25)28(37)33-27(30(39)41-4)22-23-8-6-5-7-9-23/h5-9,24-27H,10-22H2,1-4H3,(H,33,37). The van der Waals surface area contributed by atoms with E-state index in [4.69, 9.17) is 9.47 Å². The van der Waals surface area contributed by atoms with Gasteiger partial charge in [0.25, 0.3) is 0 Å². The molecular weight excluding hydrogens is 536 g/mol. The van der Waals surface area contributed by atoms with Gasteiger partial charge in [-0.05, 0) is 64.9 Å². The van der Waals surface area contributed by atoms with Crippen molar-refractivity contribution in [3.05, 3.63) is 35.9 Å². The van der Waals surface area contributed by atoms with E-state index in [1.807, 2.05) is 56.0 Å². The Morgan fingerprint density at radius 3 is 2.00 bits per heavy atom. The van der Waals surface area contributed by atoms with Crippen LogP contribution in [0.4, 0.5) is 4.79 Å². The number of benzene rings is 1. The number of piperazine rings is 1. The lowest BCUT2D eigenvalue weighted by Crippen LogP contribution is -2.56. The summed E-state index contributed by atoms with van der Waals surface area (Å²) in [6, 6.07) is 9.26. The van der Waals surface area contributed by atoms with E-state index in [0.717, 1.165) is 31.5 Å². The minimum atomic E-state index is -0.731. The molecule has 1 unspecified atom stereocenters. The Bertz CT molecular complexity index is 1070. The highest BCUT2D eigenvalue weighted by molar-refractivity contribution is 5.86. The molecule has 1 atom stereocenters. The summed E-state index contributed by atoms with van der Waals surface area (Å²) in [7, 11) is 1.33. The number of nitrogens with one attached hydrogen (secondary N) is 1. The van der Waals surface area contributed by atoms with E-state index in [9.17, 15) is 19.2 Å². The van der Waals surface area contributed by atoms with Crippen LogP contribution in [0.1, 0.15) is 64.9 Å². The zero-order valence-electron chi connectivity index (χ0n) is 25.7. The van der Waals surface area contributed by atoms with E-state index in [2.05, 4.69) is 10.2 Å². The van der Waals surface area contributed by atoms with Crippen LogP contribution in [0.5, 0.6) is 0 Å². The fourth-order valence-corrected chi connectivity index (χ4v) is 6.38. The molecular formula is C32H48N4O6. The molecule has 10 nitrogen and oxygen atoms in total. The molecule has 2 heterocycles. The topological polar surface area (TPSA) is 108 Å². The average molecular weight is 585 g/mol. The van der Waals surface area contributed by atoms with Gasteiger partial charge in [-0.1, -0.05) is 30.3 Å². The number of hydrogen-bond donors (Lipinski definition) is 1. The van der Waals surface area contributed by atoms with E-state index < -0.39 is 17.6 Å². The van der Waals surface area contributed by atoms with Crippen LogP contribution < -0.4 is 5.32 Å². The quantitative estimate of drug-likeness (QED) is 0.490. The first-order valence-electron chi connectivity index (χ1n) is 15.5. The van der Waals surface area contributed by atoms with Crippen LogP contribution in [0.2, 0.25) is 0 Å². The molecule has 3 aliphatic rings. The number of piperidine rings is 1. The highest BCUT2D eigenvalue weighted by atomic mass is 16.6. The van der Waals surface area contributed by atoms with Gasteiger partial charge in [0.15, 0.2) is 0 Å². The van der Waals surface area contributed by atoms with Gasteiger partial charge in [0.05, 0.1) is 7.11 Å². The minimum absolute atomic E-state index is 0.0570. The van der Waals surface area contributed by atoms with Crippen molar-refractivity contribution >= 4 is 23.9 Å². The van der Waals surface area contributed by atoms with Crippen molar-refractivity contribution in [2.45, 2.75) is 83.4 Å². The highest BCUT2D eigenvalue weighted by Crippen LogP contribution is 2.31. The van der Waals surface area contributed by atoms with Crippen LogP contribution in [-0.2, 0) is 30.3 Å². The number of rotatable bonds is 7. The van der Waals surface area contributed by atoms with E-state index in [-0.39, 0.29) is 29.7 Å². The zero-order chi connectivity index (χ0) is 30.3. The predicted molar refractivity (Wildman–Crippen MR) is 159 cm³/mol. The van der Waals surface area contributed by atoms with Crippen molar-refractivity contribution in [3.8, 4) is 0 Å². The van der Waals surface area contributed by atoms with Gasteiger partial charge in [-0.2, -0.15) is 0 Å². The molecule has 1 aromatic rings. The zero-order valence-corrected chi connectivity index (χ0v) is 25.7. The molecule has 0 radical (unpaired) electrons. The van der Waals surface area contributed by atoms with Crippen LogP contribution >= 0.6 is 0 Å². The van der Waals surface area contributed by atoms with E-state index >= 15 is 0 Å². The summed E-state index contributed by atoms with van der Waals surface area (Å²) in [6.07, 6.45) is 4.61. The Kier molecular flexibility index (Phi) is 10.9. The number of esters is 1. The Balaban J connectivity index is 1.18. The summed E-state index contributed by atoms with van der Waals surface area (Å²) < 4.78 is 10.5. The molecule has 10 heteroatoms. The van der Waals surface area contributed by atoms with Crippen LogP contribution in [0, 0.1) is 11.8 Å². The molecule has 232 valence electrons. The van der Waals surface area contributed by atoms with Gasteiger partial charge in [0.2, 0.25) is 11.8 Å². The molecule has 4 rings (SSSR count). The number of nitrogens with zero attached hydrogens (tertiary/aromatic N) is 3. The number of amides is 3. The minimum Gasteiger partial charge on any atom is -0.467 e. The van der Waals surface area contributed by atoms with Gasteiger partial charge in [0, 0.05) is 63.6 Å². The third-order valence-electron chi connectivity index (χ3n) is 8.79. The Morgan fingerprint density at radius 1 is 0.833 bits per heavy atom. The molecule has 2 saturated heterocycles. The van der Waals surface area contributed by atoms with Gasteiger partial charge < -0.3 is 24.6 Å². The number of methoxy groups -OCH3 is 1. The molecule has 3 fully saturated rings. The lowest BCUT2D eigenvalue weighted by atomic mass is 9.80. The average Bonchev–Trinajstić information content (AvgIpc) is 3.00. The summed E-state index contributed by atoms with van der Waals surface area (Å²) in [5.41, 5.74) is 0.465. The second-order valence-corrected chi connectivity index (χ2v) is 12.9. The molecule has 0 spiro atoms. The molecule has 1 N–H and O–H groups in total. The number of hydrogen-bond acceptors (Lipinski definition) is 7. The number of ether oxygens (including phenoxy) is 2. The number of carbonyl (C=O) groups excluding carboxylic acids is 4. The molecule has 0 aromatic heterocycles. The Labute approximate surface area is 250 Å². The molecule has 1 aromatic carbocycles. The second kappa shape index (κ2) is 14.4. The number of carbonyl (C=O) groups is 4. The van der Waals surface area contributed by atoms with Crippen molar-refractivity contribution in [1.29, 1.82) is 0 Å². The normalized spacial score (nSPS) is 23.1. The summed E-state index contributed by atoms with van der Waals surface area (Å²) in [5, 5.41) is 2.90. The van der Waals surface area contributed by atoms with Crippen LogP contribution in [0.3, 0.4) is 0 Å². The van der Waals surface area contributed by atoms with Gasteiger partial charge in [0.1, 0.15) is 11.6 Å². The first kappa shape index (κ1) is 31.8. The monoisotopic (exact) mass is 584 g/mol. The lowest BCUT2D eigenvalue weighted by molar-refractivity contribution is -0.146.